The first-order valence-electron chi connectivity index (χ1n) is 11.7. The van der Waals surface area contributed by atoms with Crippen molar-refractivity contribution in [3.05, 3.63) is 72.6 Å². The molecule has 1 aromatic heterocycles. The van der Waals surface area contributed by atoms with E-state index in [1.807, 2.05) is 35.1 Å². The van der Waals surface area contributed by atoms with E-state index in [4.69, 9.17) is 4.74 Å². The second-order valence-electron chi connectivity index (χ2n) is 8.85. The van der Waals surface area contributed by atoms with E-state index in [9.17, 15) is 0 Å². The standard InChI is InChI=1S/C26H33N5O/c1-32-26-12-6-5-11-25(26)31-20-22(18-27-31)19-28-13-7-10-24(21-28)30-16-14-29(15-17-30)23-8-3-2-4-9-23/h2-6,8-9,11-12,18,20,24H,7,10,13-17,19,21H2,1H3/t24-/m1/s1. The number of methoxy groups -OCH3 is 1. The van der Waals surface area contributed by atoms with Crippen LogP contribution in [0.2, 0.25) is 0 Å². The largest absolute Gasteiger partial charge is 0.494 e. The monoisotopic (exact) mass is 431 g/mol. The predicted molar refractivity (Wildman–Crippen MR) is 129 cm³/mol. The molecule has 32 heavy (non-hydrogen) atoms. The molecule has 0 saturated carbocycles. The Hall–Kier alpha value is -2.83. The Morgan fingerprint density at radius 2 is 1.72 bits per heavy atom. The molecule has 0 spiro atoms. The molecule has 6 heteroatoms. The highest BCUT2D eigenvalue weighted by atomic mass is 16.5. The summed E-state index contributed by atoms with van der Waals surface area (Å²) in [5.74, 6) is 0.842. The molecule has 0 amide bonds. The molecule has 1 atom stereocenters. The molecule has 2 aliphatic rings. The van der Waals surface area contributed by atoms with Crippen LogP contribution >= 0.6 is 0 Å². The average Bonchev–Trinajstić information content (AvgIpc) is 3.33. The lowest BCUT2D eigenvalue weighted by Crippen LogP contribution is -2.55. The second-order valence-corrected chi connectivity index (χ2v) is 8.85. The van der Waals surface area contributed by atoms with Gasteiger partial charge in [-0.15, -0.1) is 0 Å². The zero-order valence-corrected chi connectivity index (χ0v) is 18.9. The van der Waals surface area contributed by atoms with Crippen LogP contribution in [0.5, 0.6) is 5.75 Å². The van der Waals surface area contributed by atoms with Gasteiger partial charge in [-0.3, -0.25) is 9.80 Å². The van der Waals surface area contributed by atoms with Gasteiger partial charge in [-0.2, -0.15) is 5.10 Å². The molecule has 2 saturated heterocycles. The number of ether oxygens (including phenoxy) is 1. The molecule has 0 radical (unpaired) electrons. The highest BCUT2D eigenvalue weighted by Gasteiger charge is 2.28. The van der Waals surface area contributed by atoms with Crippen LogP contribution in [0.4, 0.5) is 5.69 Å². The summed E-state index contributed by atoms with van der Waals surface area (Å²) >= 11 is 0. The van der Waals surface area contributed by atoms with Crippen LogP contribution in [-0.4, -0.2) is 72.0 Å². The maximum absolute atomic E-state index is 5.50. The van der Waals surface area contributed by atoms with Gasteiger partial charge in [0.05, 0.1) is 13.3 Å². The number of aromatic nitrogens is 2. The van der Waals surface area contributed by atoms with Crippen LogP contribution in [0, 0.1) is 0 Å². The summed E-state index contributed by atoms with van der Waals surface area (Å²) < 4.78 is 7.42. The van der Waals surface area contributed by atoms with Gasteiger partial charge in [0.15, 0.2) is 0 Å². The first-order chi connectivity index (χ1) is 15.8. The zero-order valence-electron chi connectivity index (χ0n) is 18.9. The summed E-state index contributed by atoms with van der Waals surface area (Å²) in [7, 11) is 1.71. The van der Waals surface area contributed by atoms with Crippen LogP contribution in [0.1, 0.15) is 18.4 Å². The number of piperazine rings is 1. The summed E-state index contributed by atoms with van der Waals surface area (Å²) in [6.45, 7) is 7.80. The highest BCUT2D eigenvalue weighted by Crippen LogP contribution is 2.24. The summed E-state index contributed by atoms with van der Waals surface area (Å²) in [6, 6.07) is 19.5. The number of rotatable bonds is 6. The van der Waals surface area contributed by atoms with E-state index in [2.05, 4.69) is 56.3 Å². The average molecular weight is 432 g/mol. The Bertz CT molecular complexity index is 996. The predicted octanol–water partition coefficient (Wildman–Crippen LogP) is 3.67. The lowest BCUT2D eigenvalue weighted by molar-refractivity contribution is 0.0888. The number of benzene rings is 2. The second kappa shape index (κ2) is 9.76. The van der Waals surface area contributed by atoms with E-state index < -0.39 is 0 Å². The molecule has 3 heterocycles. The molecule has 3 aromatic rings. The lowest BCUT2D eigenvalue weighted by Gasteiger charge is -2.44. The molecular weight excluding hydrogens is 398 g/mol. The van der Waals surface area contributed by atoms with Gasteiger partial charge in [0.1, 0.15) is 11.4 Å². The third kappa shape index (κ3) is 4.66. The fourth-order valence-corrected chi connectivity index (χ4v) is 5.11. The normalized spacial score (nSPS) is 20.4. The van der Waals surface area contributed by atoms with Gasteiger partial charge in [-0.05, 0) is 43.7 Å². The molecular formula is C26H33N5O. The van der Waals surface area contributed by atoms with Crippen molar-refractivity contribution >= 4 is 5.69 Å². The van der Waals surface area contributed by atoms with E-state index >= 15 is 0 Å². The Labute approximate surface area is 191 Å². The summed E-state index contributed by atoms with van der Waals surface area (Å²) in [6.07, 6.45) is 6.71. The first-order valence-corrected chi connectivity index (χ1v) is 11.7. The van der Waals surface area contributed by atoms with Crippen molar-refractivity contribution in [1.82, 2.24) is 19.6 Å². The molecule has 0 N–H and O–H groups in total. The number of hydrogen-bond acceptors (Lipinski definition) is 5. The molecule has 6 nitrogen and oxygen atoms in total. The number of para-hydroxylation sites is 3. The van der Waals surface area contributed by atoms with Gasteiger partial charge in [0.25, 0.3) is 0 Å². The number of hydrogen-bond donors (Lipinski definition) is 0. The maximum atomic E-state index is 5.50. The summed E-state index contributed by atoms with van der Waals surface area (Å²) in [4.78, 5) is 7.83. The van der Waals surface area contributed by atoms with Crippen LogP contribution in [0.15, 0.2) is 67.0 Å². The fourth-order valence-electron chi connectivity index (χ4n) is 5.11. The van der Waals surface area contributed by atoms with E-state index in [-0.39, 0.29) is 0 Å². The minimum atomic E-state index is 0.658. The quantitative estimate of drug-likeness (QED) is 0.595. The highest BCUT2D eigenvalue weighted by molar-refractivity contribution is 5.47. The van der Waals surface area contributed by atoms with Crippen molar-refractivity contribution in [3.63, 3.8) is 0 Å². The lowest BCUT2D eigenvalue weighted by atomic mass is 10.0. The third-order valence-corrected chi connectivity index (χ3v) is 6.81. The van der Waals surface area contributed by atoms with E-state index in [1.165, 1.54) is 30.6 Å². The summed E-state index contributed by atoms with van der Waals surface area (Å²) in [5, 5.41) is 4.60. The van der Waals surface area contributed by atoms with Crippen LogP contribution in [0.3, 0.4) is 0 Å². The summed E-state index contributed by atoms with van der Waals surface area (Å²) in [5.41, 5.74) is 3.59. The number of likely N-dealkylation sites (tertiary alicyclic amines) is 1. The molecule has 168 valence electrons. The van der Waals surface area contributed by atoms with E-state index in [0.717, 1.165) is 50.7 Å². The van der Waals surface area contributed by atoms with E-state index in [0.29, 0.717) is 6.04 Å². The zero-order chi connectivity index (χ0) is 21.8. The van der Waals surface area contributed by atoms with Gasteiger partial charge >= 0.3 is 0 Å². The molecule has 0 unspecified atom stereocenters. The van der Waals surface area contributed by atoms with Gasteiger partial charge in [0, 0.05) is 62.8 Å². The van der Waals surface area contributed by atoms with Crippen molar-refractivity contribution in [3.8, 4) is 11.4 Å². The Morgan fingerprint density at radius 3 is 2.53 bits per heavy atom. The number of anilines is 1. The van der Waals surface area contributed by atoms with Crippen molar-refractivity contribution in [2.75, 3.05) is 51.3 Å². The van der Waals surface area contributed by atoms with Crippen molar-refractivity contribution in [2.45, 2.75) is 25.4 Å². The van der Waals surface area contributed by atoms with Crippen molar-refractivity contribution in [1.29, 1.82) is 0 Å². The van der Waals surface area contributed by atoms with Crippen LogP contribution < -0.4 is 9.64 Å². The molecule has 0 aliphatic carbocycles. The minimum Gasteiger partial charge on any atom is -0.494 e. The SMILES string of the molecule is COc1ccccc1-n1cc(CN2CCC[C@@H](N3CCN(c4ccccc4)CC3)C2)cn1. The fraction of sp³-hybridized carbons (Fsp3) is 0.423. The van der Waals surface area contributed by atoms with Crippen LogP contribution in [0.25, 0.3) is 5.69 Å². The molecule has 2 aliphatic heterocycles. The van der Waals surface area contributed by atoms with Gasteiger partial charge in [-0.1, -0.05) is 30.3 Å². The van der Waals surface area contributed by atoms with Gasteiger partial charge < -0.3 is 9.64 Å². The Morgan fingerprint density at radius 1 is 0.938 bits per heavy atom. The van der Waals surface area contributed by atoms with Crippen LogP contribution in [-0.2, 0) is 6.54 Å². The third-order valence-electron chi connectivity index (χ3n) is 6.81. The van der Waals surface area contributed by atoms with E-state index in [1.54, 1.807) is 7.11 Å². The number of nitrogens with zero attached hydrogens (tertiary/aromatic N) is 5. The van der Waals surface area contributed by atoms with Gasteiger partial charge in [0.2, 0.25) is 0 Å². The van der Waals surface area contributed by atoms with Gasteiger partial charge in [-0.25, -0.2) is 4.68 Å². The topological polar surface area (TPSA) is 36.8 Å². The molecule has 5 rings (SSSR count). The van der Waals surface area contributed by atoms with Crippen molar-refractivity contribution in [2.24, 2.45) is 0 Å². The Kier molecular flexibility index (Phi) is 6.41. The molecule has 2 aromatic carbocycles. The molecule has 0 bridgehead atoms. The maximum Gasteiger partial charge on any atom is 0.144 e. The first kappa shape index (κ1) is 21.0. The number of piperidine rings is 1. The molecule has 2 fully saturated rings. The Balaban J connectivity index is 1.17. The minimum absolute atomic E-state index is 0.658. The smallest absolute Gasteiger partial charge is 0.144 e. The van der Waals surface area contributed by atoms with Crippen molar-refractivity contribution < 1.29 is 4.74 Å².